The second-order valence-corrected chi connectivity index (χ2v) is 4.57. The van der Waals surface area contributed by atoms with Gasteiger partial charge in [0.15, 0.2) is 11.5 Å². The van der Waals surface area contributed by atoms with Gasteiger partial charge in [0, 0.05) is 0 Å². The highest BCUT2D eigenvalue weighted by Crippen LogP contribution is 2.24. The van der Waals surface area contributed by atoms with Crippen molar-refractivity contribution in [3.8, 4) is 17.2 Å². The van der Waals surface area contributed by atoms with E-state index in [0.29, 0.717) is 25.3 Å². The Kier molecular flexibility index (Phi) is 7.08. The standard InChI is InChI=1S/C8H11NO2.C8H11NO/c9-4-3-6-1-2-7(10)8(11)5-6;9-6-5-7-1-3-8(10)4-2-7/h1-2,5,10-11H,3-4,9H2;1-4,10H,5-6,9H2. The van der Waals surface area contributed by atoms with Gasteiger partial charge in [-0.15, -0.1) is 0 Å². The molecule has 114 valence electrons. The number of nitrogens with two attached hydrogens (primary N) is 2. The Morgan fingerprint density at radius 1 is 0.667 bits per heavy atom. The molecule has 2 rings (SSSR count). The van der Waals surface area contributed by atoms with E-state index in [-0.39, 0.29) is 11.5 Å². The minimum atomic E-state index is -0.0919. The van der Waals surface area contributed by atoms with E-state index >= 15 is 0 Å². The second kappa shape index (κ2) is 8.84. The van der Waals surface area contributed by atoms with Crippen molar-refractivity contribution in [3.05, 3.63) is 53.6 Å². The van der Waals surface area contributed by atoms with Crippen molar-refractivity contribution in [2.75, 3.05) is 13.1 Å². The summed E-state index contributed by atoms with van der Waals surface area (Å²) in [6.45, 7) is 1.20. The molecule has 7 N–H and O–H groups in total. The molecule has 21 heavy (non-hydrogen) atoms. The van der Waals surface area contributed by atoms with Crippen LogP contribution in [0.5, 0.6) is 17.2 Å². The molecule has 0 saturated carbocycles. The summed E-state index contributed by atoms with van der Waals surface area (Å²) < 4.78 is 0. The zero-order chi connectivity index (χ0) is 15.7. The summed E-state index contributed by atoms with van der Waals surface area (Å²) in [5.41, 5.74) is 12.7. The number of rotatable bonds is 4. The van der Waals surface area contributed by atoms with Gasteiger partial charge in [0.2, 0.25) is 0 Å². The summed E-state index contributed by atoms with van der Waals surface area (Å²) in [4.78, 5) is 0. The summed E-state index contributed by atoms with van der Waals surface area (Å²) in [7, 11) is 0. The molecule has 0 spiro atoms. The quantitative estimate of drug-likeness (QED) is 0.548. The third-order valence-electron chi connectivity index (χ3n) is 2.84. The van der Waals surface area contributed by atoms with Gasteiger partial charge in [0.1, 0.15) is 5.75 Å². The molecule has 0 saturated heterocycles. The van der Waals surface area contributed by atoms with E-state index in [1.807, 2.05) is 12.1 Å². The average molecular weight is 290 g/mol. The summed E-state index contributed by atoms with van der Waals surface area (Å²) in [5, 5.41) is 26.9. The predicted molar refractivity (Wildman–Crippen MR) is 83.4 cm³/mol. The highest BCUT2D eigenvalue weighted by molar-refractivity contribution is 5.40. The third-order valence-corrected chi connectivity index (χ3v) is 2.84. The highest BCUT2D eigenvalue weighted by Gasteiger charge is 1.98. The molecule has 5 nitrogen and oxygen atoms in total. The first kappa shape index (κ1) is 16.8. The van der Waals surface area contributed by atoms with Gasteiger partial charge in [-0.2, -0.15) is 0 Å². The van der Waals surface area contributed by atoms with Crippen LogP contribution in [0.25, 0.3) is 0 Å². The first-order valence-electron chi connectivity index (χ1n) is 6.75. The van der Waals surface area contributed by atoms with Crippen LogP contribution in [0.4, 0.5) is 0 Å². The molecule has 0 amide bonds. The predicted octanol–water partition coefficient (Wildman–Crippen LogP) is 1.49. The summed E-state index contributed by atoms with van der Waals surface area (Å²) in [6, 6.07) is 11.8. The van der Waals surface area contributed by atoms with Gasteiger partial charge in [0.05, 0.1) is 0 Å². The largest absolute Gasteiger partial charge is 0.508 e. The highest BCUT2D eigenvalue weighted by atomic mass is 16.3. The summed E-state index contributed by atoms with van der Waals surface area (Å²) in [5.74, 6) is 0.127. The van der Waals surface area contributed by atoms with E-state index in [1.54, 1.807) is 18.2 Å². The molecule has 0 heterocycles. The molecule has 2 aromatic rings. The Hall–Kier alpha value is -2.24. The molecule has 2 aromatic carbocycles. The Morgan fingerprint density at radius 2 is 1.19 bits per heavy atom. The normalized spacial score (nSPS) is 9.81. The maximum atomic E-state index is 9.04. The number of aromatic hydroxyl groups is 3. The van der Waals surface area contributed by atoms with Crippen molar-refractivity contribution in [3.63, 3.8) is 0 Å². The number of phenolic OH excluding ortho intramolecular Hbond substituents is 3. The first-order chi connectivity index (χ1) is 10.1. The smallest absolute Gasteiger partial charge is 0.157 e. The summed E-state index contributed by atoms with van der Waals surface area (Å²) in [6.07, 6.45) is 1.59. The van der Waals surface area contributed by atoms with Crippen molar-refractivity contribution in [2.24, 2.45) is 11.5 Å². The molecule has 0 aromatic heterocycles. The Bertz CT molecular complexity index is 542. The fourth-order valence-electron chi connectivity index (χ4n) is 1.72. The van der Waals surface area contributed by atoms with E-state index in [0.717, 1.165) is 12.0 Å². The second-order valence-electron chi connectivity index (χ2n) is 4.57. The monoisotopic (exact) mass is 290 g/mol. The SMILES string of the molecule is NCCc1ccc(O)c(O)c1.NCCc1ccc(O)cc1. The van der Waals surface area contributed by atoms with E-state index < -0.39 is 0 Å². The molecule has 0 fully saturated rings. The van der Waals surface area contributed by atoms with Crippen LogP contribution in [-0.4, -0.2) is 28.4 Å². The van der Waals surface area contributed by atoms with Crippen LogP contribution in [0.15, 0.2) is 42.5 Å². The van der Waals surface area contributed by atoms with E-state index in [2.05, 4.69) is 0 Å². The topological polar surface area (TPSA) is 113 Å². The number of phenols is 3. The van der Waals surface area contributed by atoms with Crippen LogP contribution in [-0.2, 0) is 12.8 Å². The Morgan fingerprint density at radius 3 is 1.71 bits per heavy atom. The third kappa shape index (κ3) is 6.16. The number of hydrogen-bond donors (Lipinski definition) is 5. The van der Waals surface area contributed by atoms with Gasteiger partial charge in [-0.1, -0.05) is 18.2 Å². The number of benzene rings is 2. The molecular formula is C16H22N2O3. The fraction of sp³-hybridized carbons (Fsp3) is 0.250. The van der Waals surface area contributed by atoms with Crippen LogP contribution in [0.2, 0.25) is 0 Å². The Balaban J connectivity index is 0.000000211. The maximum Gasteiger partial charge on any atom is 0.157 e. The molecule has 0 aliphatic carbocycles. The van der Waals surface area contributed by atoms with Crippen LogP contribution in [0.1, 0.15) is 11.1 Å². The van der Waals surface area contributed by atoms with Crippen LogP contribution >= 0.6 is 0 Å². The minimum Gasteiger partial charge on any atom is -0.508 e. The number of hydrogen-bond acceptors (Lipinski definition) is 5. The van der Waals surface area contributed by atoms with Crippen molar-refractivity contribution in [1.29, 1.82) is 0 Å². The Labute approximate surface area is 124 Å². The first-order valence-corrected chi connectivity index (χ1v) is 6.75. The van der Waals surface area contributed by atoms with Gasteiger partial charge in [-0.05, 0) is 61.3 Å². The van der Waals surface area contributed by atoms with Gasteiger partial charge in [-0.3, -0.25) is 0 Å². The lowest BCUT2D eigenvalue weighted by Gasteiger charge is -2.00. The zero-order valence-corrected chi connectivity index (χ0v) is 11.9. The molecule has 0 bridgehead atoms. The summed E-state index contributed by atoms with van der Waals surface area (Å²) >= 11 is 0. The van der Waals surface area contributed by atoms with Crippen LogP contribution in [0.3, 0.4) is 0 Å². The van der Waals surface area contributed by atoms with Crippen molar-refractivity contribution < 1.29 is 15.3 Å². The molecule has 0 unspecified atom stereocenters. The van der Waals surface area contributed by atoms with Crippen LogP contribution in [0, 0.1) is 0 Å². The molecule has 0 radical (unpaired) electrons. The van der Waals surface area contributed by atoms with Gasteiger partial charge in [-0.25, -0.2) is 0 Å². The molecule has 0 aliphatic rings. The van der Waals surface area contributed by atoms with Crippen molar-refractivity contribution in [1.82, 2.24) is 0 Å². The van der Waals surface area contributed by atoms with E-state index in [9.17, 15) is 0 Å². The maximum absolute atomic E-state index is 9.04. The van der Waals surface area contributed by atoms with E-state index in [1.165, 1.54) is 17.7 Å². The lowest BCUT2D eigenvalue weighted by atomic mass is 10.1. The fourth-order valence-corrected chi connectivity index (χ4v) is 1.72. The van der Waals surface area contributed by atoms with Gasteiger partial charge >= 0.3 is 0 Å². The van der Waals surface area contributed by atoms with Gasteiger partial charge in [0.25, 0.3) is 0 Å². The molecule has 0 atom stereocenters. The molecular weight excluding hydrogens is 268 g/mol. The van der Waals surface area contributed by atoms with Crippen molar-refractivity contribution >= 4 is 0 Å². The zero-order valence-electron chi connectivity index (χ0n) is 11.9. The average Bonchev–Trinajstić information content (AvgIpc) is 2.47. The van der Waals surface area contributed by atoms with E-state index in [4.69, 9.17) is 26.8 Å². The van der Waals surface area contributed by atoms with Gasteiger partial charge < -0.3 is 26.8 Å². The van der Waals surface area contributed by atoms with Crippen LogP contribution < -0.4 is 11.5 Å². The lowest BCUT2D eigenvalue weighted by molar-refractivity contribution is 0.403. The minimum absolute atomic E-state index is 0.0871. The lowest BCUT2D eigenvalue weighted by Crippen LogP contribution is -2.02. The van der Waals surface area contributed by atoms with Crippen molar-refractivity contribution in [2.45, 2.75) is 12.8 Å². The molecule has 0 aliphatic heterocycles. The molecule has 5 heteroatoms.